The molecule has 0 aliphatic rings. The van der Waals surface area contributed by atoms with Gasteiger partial charge in [0.1, 0.15) is 0 Å². The predicted molar refractivity (Wildman–Crippen MR) is 44.6 cm³/mol. The van der Waals surface area contributed by atoms with Crippen molar-refractivity contribution >= 4 is 0 Å². The zero-order valence-electron chi connectivity index (χ0n) is 8.00. The van der Waals surface area contributed by atoms with E-state index in [0.29, 0.717) is 5.92 Å². The third-order valence-electron chi connectivity index (χ3n) is 2.06. The summed E-state index contributed by atoms with van der Waals surface area (Å²) in [7, 11) is 0. The summed E-state index contributed by atoms with van der Waals surface area (Å²) >= 11 is 0. The van der Waals surface area contributed by atoms with Crippen molar-refractivity contribution in [3.63, 3.8) is 0 Å². The molecule has 2 heteroatoms. The van der Waals surface area contributed by atoms with Crippen molar-refractivity contribution < 1.29 is 34.7 Å². The molecular weight excluding hydrogens is 159 g/mol. The van der Waals surface area contributed by atoms with Crippen LogP contribution in [0, 0.1) is 0 Å². The topological polar surface area (TPSA) is 23.1 Å². The summed E-state index contributed by atoms with van der Waals surface area (Å²) in [6.07, 6.45) is 1.12. The Bertz CT molecular complexity index is 218. The number of hydrogen-bond donors (Lipinski definition) is 0. The van der Waals surface area contributed by atoms with Crippen molar-refractivity contribution in [1.29, 1.82) is 0 Å². The Morgan fingerprint density at radius 2 is 1.75 bits per heavy atom. The van der Waals surface area contributed by atoms with Crippen molar-refractivity contribution in [2.45, 2.75) is 26.2 Å². The van der Waals surface area contributed by atoms with Crippen molar-refractivity contribution in [2.75, 3.05) is 0 Å². The van der Waals surface area contributed by atoms with Gasteiger partial charge in [0.05, 0.1) is 0 Å². The molecule has 0 spiro atoms. The maximum absolute atomic E-state index is 10.7. The van der Waals surface area contributed by atoms with Crippen molar-refractivity contribution in [3.8, 4) is 5.75 Å². The second-order valence-electron chi connectivity index (χ2n) is 2.88. The number of benzene rings is 1. The summed E-state index contributed by atoms with van der Waals surface area (Å²) in [4.78, 5) is 0. The average Bonchev–Trinajstić information content (AvgIpc) is 2.05. The summed E-state index contributed by atoms with van der Waals surface area (Å²) < 4.78 is 0. The van der Waals surface area contributed by atoms with Crippen LogP contribution in [0.3, 0.4) is 0 Å². The van der Waals surface area contributed by atoms with E-state index < -0.39 is 0 Å². The maximum atomic E-state index is 10.7. The SMILES string of the molecule is CCC(C)c1ccc([O-])cc1.[Na+]. The fraction of sp³-hybridized carbons (Fsp3) is 0.400. The Balaban J connectivity index is 0.00000121. The first kappa shape index (κ1) is 12.0. The van der Waals surface area contributed by atoms with E-state index in [9.17, 15) is 5.11 Å². The molecule has 0 saturated heterocycles. The van der Waals surface area contributed by atoms with E-state index in [-0.39, 0.29) is 35.3 Å². The van der Waals surface area contributed by atoms with Gasteiger partial charge in [-0.05, 0) is 17.9 Å². The molecule has 0 radical (unpaired) electrons. The van der Waals surface area contributed by atoms with Gasteiger partial charge in [-0.1, -0.05) is 38.1 Å². The Morgan fingerprint density at radius 1 is 1.25 bits per heavy atom. The third-order valence-corrected chi connectivity index (χ3v) is 2.06. The van der Waals surface area contributed by atoms with E-state index in [4.69, 9.17) is 0 Å². The van der Waals surface area contributed by atoms with Gasteiger partial charge in [-0.2, -0.15) is 0 Å². The second kappa shape index (κ2) is 5.63. The quantitative estimate of drug-likeness (QED) is 0.540. The molecule has 60 valence electrons. The molecule has 0 heterocycles. The van der Waals surface area contributed by atoms with Crippen molar-refractivity contribution in [3.05, 3.63) is 29.8 Å². The molecule has 0 aliphatic carbocycles. The minimum atomic E-state index is 0. The van der Waals surface area contributed by atoms with Crippen LogP contribution in [0.1, 0.15) is 31.7 Å². The molecule has 1 nitrogen and oxygen atoms in total. The predicted octanol–water partition coefficient (Wildman–Crippen LogP) is -0.722. The molecule has 0 fully saturated rings. The molecule has 12 heavy (non-hydrogen) atoms. The van der Waals surface area contributed by atoms with Crippen LogP contribution >= 0.6 is 0 Å². The molecular formula is C10H13NaO. The van der Waals surface area contributed by atoms with Gasteiger partial charge in [0.15, 0.2) is 0 Å². The smallest absolute Gasteiger partial charge is 0.872 e. The summed E-state index contributed by atoms with van der Waals surface area (Å²) in [5.74, 6) is 0.660. The summed E-state index contributed by atoms with van der Waals surface area (Å²) in [5.41, 5.74) is 1.26. The van der Waals surface area contributed by atoms with Crippen LogP contribution in [0.5, 0.6) is 5.75 Å². The van der Waals surface area contributed by atoms with Gasteiger partial charge < -0.3 is 5.11 Å². The minimum Gasteiger partial charge on any atom is -0.872 e. The molecule has 0 bridgehead atoms. The van der Waals surface area contributed by atoms with E-state index >= 15 is 0 Å². The van der Waals surface area contributed by atoms with Crippen LogP contribution in [-0.2, 0) is 0 Å². The van der Waals surface area contributed by atoms with Gasteiger partial charge in [-0.15, -0.1) is 5.75 Å². The summed E-state index contributed by atoms with van der Waals surface area (Å²) in [5, 5.41) is 10.7. The molecule has 0 aromatic heterocycles. The molecule has 1 rings (SSSR count). The molecule has 0 N–H and O–H groups in total. The molecule has 0 aliphatic heterocycles. The second-order valence-corrected chi connectivity index (χ2v) is 2.88. The maximum Gasteiger partial charge on any atom is 1.00 e. The van der Waals surface area contributed by atoms with Crippen LogP contribution in [0.2, 0.25) is 0 Å². The Hall–Kier alpha value is 0.0200. The van der Waals surface area contributed by atoms with E-state index in [2.05, 4.69) is 13.8 Å². The Labute approximate surface area is 96.1 Å². The van der Waals surface area contributed by atoms with Crippen LogP contribution < -0.4 is 34.7 Å². The van der Waals surface area contributed by atoms with E-state index in [1.54, 1.807) is 12.1 Å². The first-order valence-corrected chi connectivity index (χ1v) is 4.01. The average molecular weight is 172 g/mol. The molecule has 0 amide bonds. The van der Waals surface area contributed by atoms with E-state index in [1.165, 1.54) is 5.56 Å². The van der Waals surface area contributed by atoms with E-state index in [0.717, 1.165) is 6.42 Å². The van der Waals surface area contributed by atoms with Gasteiger partial charge in [-0.25, -0.2) is 0 Å². The molecule has 1 atom stereocenters. The molecule has 1 unspecified atom stereocenters. The number of rotatable bonds is 2. The van der Waals surface area contributed by atoms with Gasteiger partial charge in [0.25, 0.3) is 0 Å². The van der Waals surface area contributed by atoms with Gasteiger partial charge in [0, 0.05) is 0 Å². The zero-order chi connectivity index (χ0) is 8.27. The summed E-state index contributed by atoms with van der Waals surface area (Å²) in [6.45, 7) is 4.32. The van der Waals surface area contributed by atoms with Crippen molar-refractivity contribution in [1.82, 2.24) is 0 Å². The largest absolute Gasteiger partial charge is 1.00 e. The van der Waals surface area contributed by atoms with Crippen LogP contribution in [0.4, 0.5) is 0 Å². The monoisotopic (exact) mass is 172 g/mol. The van der Waals surface area contributed by atoms with E-state index in [1.807, 2.05) is 12.1 Å². The minimum absolute atomic E-state index is 0. The first-order valence-electron chi connectivity index (χ1n) is 4.01. The fourth-order valence-corrected chi connectivity index (χ4v) is 1.03. The normalized spacial score (nSPS) is 11.8. The molecule has 0 saturated carbocycles. The van der Waals surface area contributed by atoms with Crippen LogP contribution in [-0.4, -0.2) is 0 Å². The fourth-order valence-electron chi connectivity index (χ4n) is 1.03. The zero-order valence-corrected chi connectivity index (χ0v) is 10.0. The van der Waals surface area contributed by atoms with Crippen LogP contribution in [0.25, 0.3) is 0 Å². The number of hydrogen-bond acceptors (Lipinski definition) is 1. The first-order chi connectivity index (χ1) is 5.24. The molecule has 1 aromatic carbocycles. The third kappa shape index (κ3) is 3.18. The Kier molecular flexibility index (Phi) is 5.64. The summed E-state index contributed by atoms with van der Waals surface area (Å²) in [6, 6.07) is 7.08. The standard InChI is InChI=1S/C10H14O.Na/c1-3-8(2)9-4-6-10(11)7-5-9;/h4-8,11H,3H2,1-2H3;/q;+1/p-1. The van der Waals surface area contributed by atoms with Crippen molar-refractivity contribution in [2.24, 2.45) is 0 Å². The van der Waals surface area contributed by atoms with Crippen LogP contribution in [0.15, 0.2) is 24.3 Å². The van der Waals surface area contributed by atoms with Gasteiger partial charge >= 0.3 is 29.6 Å². The Morgan fingerprint density at radius 3 is 2.17 bits per heavy atom. The molecule has 1 aromatic rings. The van der Waals surface area contributed by atoms with Gasteiger partial charge in [-0.3, -0.25) is 0 Å². The van der Waals surface area contributed by atoms with Gasteiger partial charge in [0.2, 0.25) is 0 Å².